The van der Waals surface area contributed by atoms with Crippen molar-refractivity contribution in [2.24, 2.45) is 5.73 Å². The highest BCUT2D eigenvalue weighted by molar-refractivity contribution is 7.99. The molecule has 3 atom stereocenters. The first-order valence-electron chi connectivity index (χ1n) is 12.7. The molecule has 0 amide bonds. The number of ether oxygens (including phenoxy) is 2. The fraction of sp³-hybridized carbons (Fsp3) is 0.226. The monoisotopic (exact) mass is 542 g/mol. The molecule has 1 saturated heterocycles. The standard InChI is InChI=1S/C31H30N2O5S/c32-17-21-4-1-5-23(14-21)24-6-2-7-25(15-24)31-37-26(19-39-29-27(30(35)36)8-3-13-33-29)16-28(38-31)22-11-9-20(18-34)10-12-22/h1-15,26,28,31,34H,16-19,32H2,(H,35,36)/t26-,28+,31+/m0/s1. The smallest absolute Gasteiger partial charge is 0.338 e. The van der Waals surface area contributed by atoms with E-state index in [1.165, 1.54) is 11.8 Å². The molecule has 3 aromatic carbocycles. The second kappa shape index (κ2) is 12.5. The molecule has 200 valence electrons. The van der Waals surface area contributed by atoms with E-state index in [4.69, 9.17) is 15.2 Å². The first-order valence-corrected chi connectivity index (χ1v) is 13.7. The van der Waals surface area contributed by atoms with Crippen LogP contribution in [0.1, 0.15) is 51.4 Å². The van der Waals surface area contributed by atoms with Crippen LogP contribution in [0.25, 0.3) is 11.1 Å². The van der Waals surface area contributed by atoms with Crippen LogP contribution in [0.4, 0.5) is 0 Å². The van der Waals surface area contributed by atoms with Gasteiger partial charge in [-0.05, 0) is 52.1 Å². The zero-order valence-corrected chi connectivity index (χ0v) is 22.1. The van der Waals surface area contributed by atoms with Crippen LogP contribution >= 0.6 is 11.8 Å². The van der Waals surface area contributed by atoms with Crippen molar-refractivity contribution in [2.75, 3.05) is 5.75 Å². The fourth-order valence-corrected chi connectivity index (χ4v) is 5.61. The van der Waals surface area contributed by atoms with Gasteiger partial charge in [0.05, 0.1) is 24.4 Å². The number of aromatic carboxylic acids is 1. The summed E-state index contributed by atoms with van der Waals surface area (Å²) in [6.07, 6.45) is 1.11. The molecule has 8 heteroatoms. The van der Waals surface area contributed by atoms with Gasteiger partial charge in [0.15, 0.2) is 6.29 Å². The van der Waals surface area contributed by atoms with Gasteiger partial charge in [-0.2, -0.15) is 0 Å². The van der Waals surface area contributed by atoms with E-state index in [0.717, 1.165) is 33.4 Å². The highest BCUT2D eigenvalue weighted by Crippen LogP contribution is 2.40. The van der Waals surface area contributed by atoms with Crippen LogP contribution < -0.4 is 5.73 Å². The Labute approximate surface area is 231 Å². The van der Waals surface area contributed by atoms with Crippen LogP contribution in [0.15, 0.2) is 96.2 Å². The maximum Gasteiger partial charge on any atom is 0.338 e. The third-order valence-corrected chi connectivity index (χ3v) is 7.81. The van der Waals surface area contributed by atoms with E-state index < -0.39 is 12.3 Å². The summed E-state index contributed by atoms with van der Waals surface area (Å²) in [5.41, 5.74) is 11.9. The predicted molar refractivity (Wildman–Crippen MR) is 150 cm³/mol. The van der Waals surface area contributed by atoms with Crippen LogP contribution in [0.2, 0.25) is 0 Å². The van der Waals surface area contributed by atoms with Gasteiger partial charge in [-0.25, -0.2) is 9.78 Å². The van der Waals surface area contributed by atoms with E-state index in [9.17, 15) is 15.0 Å². The van der Waals surface area contributed by atoms with Crippen LogP contribution in [-0.2, 0) is 22.6 Å². The van der Waals surface area contributed by atoms with Crippen molar-refractivity contribution in [3.63, 3.8) is 0 Å². The van der Waals surface area contributed by atoms with Crippen LogP contribution in [0, 0.1) is 0 Å². The summed E-state index contributed by atoms with van der Waals surface area (Å²) in [6, 6.07) is 27.2. The van der Waals surface area contributed by atoms with Gasteiger partial charge in [-0.3, -0.25) is 0 Å². The largest absolute Gasteiger partial charge is 0.478 e. The maximum atomic E-state index is 11.7. The number of nitrogens with zero attached hydrogens (tertiary/aromatic N) is 1. The lowest BCUT2D eigenvalue weighted by Gasteiger charge is -2.36. The average molecular weight is 543 g/mol. The second-order valence-electron chi connectivity index (χ2n) is 9.35. The Morgan fingerprint density at radius 1 is 0.923 bits per heavy atom. The molecule has 5 rings (SSSR count). The molecule has 39 heavy (non-hydrogen) atoms. The molecule has 0 saturated carbocycles. The van der Waals surface area contributed by atoms with Gasteiger partial charge in [0.1, 0.15) is 5.03 Å². The SMILES string of the molecule is NCc1cccc(-c2cccc([C@@H]3O[C@H](CSc4ncccc4C(=O)O)C[C@H](c4ccc(CO)cc4)O3)c2)c1. The number of aromatic nitrogens is 1. The summed E-state index contributed by atoms with van der Waals surface area (Å²) in [6.45, 7) is 0.448. The zero-order valence-electron chi connectivity index (χ0n) is 21.3. The third kappa shape index (κ3) is 6.55. The Bertz CT molecular complexity index is 1430. The molecular weight excluding hydrogens is 512 g/mol. The first kappa shape index (κ1) is 27.1. The van der Waals surface area contributed by atoms with Gasteiger partial charge >= 0.3 is 5.97 Å². The Balaban J connectivity index is 1.41. The van der Waals surface area contributed by atoms with Crippen molar-refractivity contribution in [1.82, 2.24) is 4.98 Å². The minimum atomic E-state index is -1.01. The topological polar surface area (TPSA) is 115 Å². The lowest BCUT2D eigenvalue weighted by molar-refractivity contribution is -0.245. The van der Waals surface area contributed by atoms with Gasteiger partial charge < -0.3 is 25.4 Å². The van der Waals surface area contributed by atoms with E-state index in [0.29, 0.717) is 23.7 Å². The first-order chi connectivity index (χ1) is 19.0. The van der Waals surface area contributed by atoms with Gasteiger partial charge in [-0.15, -0.1) is 11.8 Å². The number of rotatable bonds is 9. The number of aliphatic hydroxyl groups is 1. The van der Waals surface area contributed by atoms with Crippen LogP contribution in [0.5, 0.6) is 0 Å². The van der Waals surface area contributed by atoms with Crippen molar-refractivity contribution in [1.29, 1.82) is 0 Å². The molecule has 0 bridgehead atoms. The quantitative estimate of drug-likeness (QED) is 0.230. The third-order valence-electron chi connectivity index (χ3n) is 6.68. The second-order valence-corrected chi connectivity index (χ2v) is 10.4. The molecule has 0 unspecified atom stereocenters. The number of hydrogen-bond donors (Lipinski definition) is 3. The summed E-state index contributed by atoms with van der Waals surface area (Å²) in [4.78, 5) is 15.9. The Kier molecular flexibility index (Phi) is 8.71. The lowest BCUT2D eigenvalue weighted by atomic mass is 9.99. The zero-order chi connectivity index (χ0) is 27.2. The van der Waals surface area contributed by atoms with Crippen molar-refractivity contribution in [3.05, 3.63) is 119 Å². The van der Waals surface area contributed by atoms with E-state index in [1.807, 2.05) is 48.5 Å². The van der Waals surface area contributed by atoms with Gasteiger partial charge in [0, 0.05) is 30.5 Å². The number of thioether (sulfide) groups is 1. The molecule has 1 fully saturated rings. The van der Waals surface area contributed by atoms with Crippen molar-refractivity contribution in [3.8, 4) is 11.1 Å². The van der Waals surface area contributed by atoms with Crippen molar-refractivity contribution in [2.45, 2.75) is 43.1 Å². The van der Waals surface area contributed by atoms with E-state index in [-0.39, 0.29) is 24.4 Å². The molecule has 4 N–H and O–H groups in total. The molecule has 7 nitrogen and oxygen atoms in total. The highest BCUT2D eigenvalue weighted by atomic mass is 32.2. The number of hydrogen-bond acceptors (Lipinski definition) is 7. The lowest BCUT2D eigenvalue weighted by Crippen LogP contribution is -2.31. The Morgan fingerprint density at radius 3 is 2.44 bits per heavy atom. The number of nitrogens with two attached hydrogens (primary N) is 1. The Hall–Kier alpha value is -3.53. The van der Waals surface area contributed by atoms with Gasteiger partial charge in [0.25, 0.3) is 0 Å². The number of aliphatic hydroxyl groups excluding tert-OH is 1. The van der Waals surface area contributed by atoms with E-state index >= 15 is 0 Å². The number of carboxylic acid groups (broad SMARTS) is 1. The molecule has 2 heterocycles. The predicted octanol–water partition coefficient (Wildman–Crippen LogP) is 5.74. The molecule has 1 aliphatic rings. The average Bonchev–Trinajstić information content (AvgIpc) is 3.00. The summed E-state index contributed by atoms with van der Waals surface area (Å²) in [5, 5.41) is 19.5. The summed E-state index contributed by atoms with van der Waals surface area (Å²) in [7, 11) is 0. The number of benzene rings is 3. The van der Waals surface area contributed by atoms with Crippen molar-refractivity contribution >= 4 is 17.7 Å². The highest BCUT2D eigenvalue weighted by Gasteiger charge is 2.32. The van der Waals surface area contributed by atoms with E-state index in [1.54, 1.807) is 18.3 Å². The van der Waals surface area contributed by atoms with Gasteiger partial charge in [0.2, 0.25) is 0 Å². The normalized spacial score (nSPS) is 19.1. The summed E-state index contributed by atoms with van der Waals surface area (Å²) < 4.78 is 12.9. The minimum Gasteiger partial charge on any atom is -0.478 e. The van der Waals surface area contributed by atoms with Crippen LogP contribution in [-0.4, -0.2) is 33.0 Å². The van der Waals surface area contributed by atoms with Crippen molar-refractivity contribution < 1.29 is 24.5 Å². The van der Waals surface area contributed by atoms with E-state index in [2.05, 4.69) is 29.2 Å². The number of carbonyl (C=O) groups is 1. The fourth-order valence-electron chi connectivity index (χ4n) is 4.61. The minimum absolute atomic E-state index is 0.0229. The molecule has 0 radical (unpaired) electrons. The number of pyridine rings is 1. The van der Waals surface area contributed by atoms with Crippen LogP contribution in [0.3, 0.4) is 0 Å². The molecular formula is C31H30N2O5S. The molecule has 1 aromatic heterocycles. The van der Waals surface area contributed by atoms with Gasteiger partial charge in [-0.1, -0.05) is 60.7 Å². The summed E-state index contributed by atoms with van der Waals surface area (Å²) >= 11 is 1.37. The molecule has 0 spiro atoms. The Morgan fingerprint density at radius 2 is 1.69 bits per heavy atom. The number of carboxylic acids is 1. The molecule has 4 aromatic rings. The molecule has 0 aliphatic carbocycles. The summed E-state index contributed by atoms with van der Waals surface area (Å²) in [5.74, 6) is -0.491. The molecule has 1 aliphatic heterocycles. The maximum absolute atomic E-state index is 11.7.